The maximum absolute atomic E-state index is 5.65. The van der Waals surface area contributed by atoms with E-state index in [2.05, 4.69) is 11.2 Å². The van der Waals surface area contributed by atoms with Crippen LogP contribution >= 0.6 is 12.4 Å². The van der Waals surface area contributed by atoms with Gasteiger partial charge < -0.3 is 10.5 Å². The van der Waals surface area contributed by atoms with Gasteiger partial charge in [0.2, 0.25) is 0 Å². The molecule has 0 amide bonds. The van der Waals surface area contributed by atoms with Crippen molar-refractivity contribution in [2.45, 2.75) is 6.54 Å². The van der Waals surface area contributed by atoms with E-state index in [0.717, 1.165) is 22.4 Å². The Morgan fingerprint density at radius 1 is 1.29 bits per heavy atom. The van der Waals surface area contributed by atoms with E-state index in [1.807, 2.05) is 31.6 Å². The van der Waals surface area contributed by atoms with Crippen LogP contribution in [-0.4, -0.2) is 16.9 Å². The van der Waals surface area contributed by atoms with Crippen molar-refractivity contribution in [2.24, 2.45) is 12.8 Å². The van der Waals surface area contributed by atoms with Gasteiger partial charge in [-0.2, -0.15) is 5.10 Å². The van der Waals surface area contributed by atoms with Crippen molar-refractivity contribution in [1.29, 1.82) is 0 Å². The normalized spacial score (nSPS) is 9.82. The zero-order valence-electron chi connectivity index (χ0n) is 9.88. The van der Waals surface area contributed by atoms with Gasteiger partial charge in [0.25, 0.3) is 0 Å². The summed E-state index contributed by atoms with van der Waals surface area (Å²) in [6, 6.07) is 5.98. The Hall–Kier alpha value is -1.52. The van der Waals surface area contributed by atoms with E-state index in [-0.39, 0.29) is 12.4 Å². The van der Waals surface area contributed by atoms with Gasteiger partial charge in [-0.3, -0.25) is 4.68 Å². The summed E-state index contributed by atoms with van der Waals surface area (Å²) in [6.45, 7) is 0.504. The van der Waals surface area contributed by atoms with Crippen LogP contribution < -0.4 is 10.5 Å². The molecule has 2 aromatic rings. The summed E-state index contributed by atoms with van der Waals surface area (Å²) in [7, 11) is 3.55. The van der Waals surface area contributed by atoms with Gasteiger partial charge >= 0.3 is 0 Å². The molecule has 17 heavy (non-hydrogen) atoms. The van der Waals surface area contributed by atoms with Gasteiger partial charge in [0.05, 0.1) is 13.3 Å². The second-order valence-electron chi connectivity index (χ2n) is 3.68. The fraction of sp³-hybridized carbons (Fsp3) is 0.250. The number of methoxy groups -OCH3 is 1. The first-order chi connectivity index (χ1) is 7.72. The smallest absolute Gasteiger partial charge is 0.119 e. The number of hydrogen-bond acceptors (Lipinski definition) is 3. The number of aromatic nitrogens is 2. The monoisotopic (exact) mass is 253 g/mol. The minimum absolute atomic E-state index is 0. The fourth-order valence-electron chi connectivity index (χ4n) is 1.63. The minimum atomic E-state index is 0. The van der Waals surface area contributed by atoms with Crippen molar-refractivity contribution in [1.82, 2.24) is 9.78 Å². The van der Waals surface area contributed by atoms with Crippen molar-refractivity contribution in [2.75, 3.05) is 7.11 Å². The third-order valence-corrected chi connectivity index (χ3v) is 2.48. The summed E-state index contributed by atoms with van der Waals surface area (Å²) in [6.07, 6.45) is 3.80. The van der Waals surface area contributed by atoms with Crippen LogP contribution in [0.15, 0.2) is 30.6 Å². The molecule has 4 nitrogen and oxygen atoms in total. The van der Waals surface area contributed by atoms with E-state index < -0.39 is 0 Å². The molecule has 0 aliphatic carbocycles. The second kappa shape index (κ2) is 5.70. The molecular formula is C12H16ClN3O. The lowest BCUT2D eigenvalue weighted by molar-refractivity contribution is 0.414. The molecule has 0 radical (unpaired) electrons. The highest BCUT2D eigenvalue weighted by Crippen LogP contribution is 2.25. The molecule has 0 spiro atoms. The molecule has 0 fully saturated rings. The highest BCUT2D eigenvalue weighted by atomic mass is 35.5. The van der Waals surface area contributed by atoms with Crippen LogP contribution in [0.25, 0.3) is 11.1 Å². The van der Waals surface area contributed by atoms with Gasteiger partial charge in [-0.15, -0.1) is 12.4 Å². The number of halogens is 1. The molecule has 1 aromatic heterocycles. The Balaban J connectivity index is 0.00000144. The van der Waals surface area contributed by atoms with Crippen LogP contribution in [0.5, 0.6) is 5.75 Å². The first kappa shape index (κ1) is 13.5. The van der Waals surface area contributed by atoms with E-state index in [1.165, 1.54) is 0 Å². The number of aryl methyl sites for hydroxylation is 1. The quantitative estimate of drug-likeness (QED) is 0.910. The van der Waals surface area contributed by atoms with Gasteiger partial charge in [-0.25, -0.2) is 0 Å². The Kier molecular flexibility index (Phi) is 4.54. The Morgan fingerprint density at radius 3 is 2.59 bits per heavy atom. The van der Waals surface area contributed by atoms with Gasteiger partial charge in [0.1, 0.15) is 5.75 Å². The lowest BCUT2D eigenvalue weighted by Gasteiger charge is -2.06. The molecule has 2 N–H and O–H groups in total. The third-order valence-electron chi connectivity index (χ3n) is 2.48. The Labute approximate surface area is 107 Å². The molecule has 0 atom stereocenters. The van der Waals surface area contributed by atoms with E-state index in [9.17, 15) is 0 Å². The van der Waals surface area contributed by atoms with Crippen LogP contribution in [-0.2, 0) is 13.6 Å². The van der Waals surface area contributed by atoms with Gasteiger partial charge in [0, 0.05) is 25.4 Å². The lowest BCUT2D eigenvalue weighted by Crippen LogP contribution is -1.97. The highest BCUT2D eigenvalue weighted by Gasteiger charge is 2.04. The Bertz CT molecular complexity index is 474. The number of rotatable bonds is 3. The van der Waals surface area contributed by atoms with E-state index in [4.69, 9.17) is 10.5 Å². The molecule has 2 rings (SSSR count). The summed E-state index contributed by atoms with van der Waals surface area (Å²) in [5, 5.41) is 4.15. The predicted molar refractivity (Wildman–Crippen MR) is 70.3 cm³/mol. The first-order valence-corrected chi connectivity index (χ1v) is 5.10. The highest BCUT2D eigenvalue weighted by molar-refractivity contribution is 5.85. The standard InChI is InChI=1S/C12H15N3O.ClH/c1-15-8-11(7-14-15)10-3-9(6-13)4-12(5-10)16-2;/h3-5,7-8H,6,13H2,1-2H3;1H. The number of benzene rings is 1. The molecular weight excluding hydrogens is 238 g/mol. The number of nitrogens with zero attached hydrogens (tertiary/aromatic N) is 2. The molecule has 0 aliphatic heterocycles. The average Bonchev–Trinajstić information content (AvgIpc) is 2.75. The van der Waals surface area contributed by atoms with Crippen LogP contribution in [0.2, 0.25) is 0 Å². The summed E-state index contributed by atoms with van der Waals surface area (Å²) < 4.78 is 7.02. The van der Waals surface area contributed by atoms with Crippen molar-refractivity contribution >= 4 is 12.4 Å². The first-order valence-electron chi connectivity index (χ1n) is 5.10. The van der Waals surface area contributed by atoms with E-state index in [1.54, 1.807) is 11.8 Å². The Morgan fingerprint density at radius 2 is 2.06 bits per heavy atom. The summed E-state index contributed by atoms with van der Waals surface area (Å²) in [5.74, 6) is 0.821. The van der Waals surface area contributed by atoms with Crippen LogP contribution in [0.1, 0.15) is 5.56 Å². The van der Waals surface area contributed by atoms with Crippen molar-refractivity contribution in [3.63, 3.8) is 0 Å². The molecule has 0 aliphatic rings. The molecule has 0 bridgehead atoms. The molecule has 92 valence electrons. The number of ether oxygens (including phenoxy) is 1. The maximum Gasteiger partial charge on any atom is 0.119 e. The fourth-order valence-corrected chi connectivity index (χ4v) is 1.63. The molecule has 0 saturated heterocycles. The second-order valence-corrected chi connectivity index (χ2v) is 3.68. The van der Waals surface area contributed by atoms with Gasteiger partial charge in [0.15, 0.2) is 0 Å². The van der Waals surface area contributed by atoms with Crippen LogP contribution in [0.4, 0.5) is 0 Å². The van der Waals surface area contributed by atoms with Crippen molar-refractivity contribution < 1.29 is 4.74 Å². The largest absolute Gasteiger partial charge is 0.497 e. The SMILES string of the molecule is COc1cc(CN)cc(-c2cnn(C)c2)c1.Cl. The lowest BCUT2D eigenvalue weighted by atomic mass is 10.1. The van der Waals surface area contributed by atoms with Crippen LogP contribution in [0, 0.1) is 0 Å². The van der Waals surface area contributed by atoms with Gasteiger partial charge in [-0.05, 0) is 29.3 Å². The molecule has 5 heteroatoms. The molecule has 1 aromatic carbocycles. The average molecular weight is 254 g/mol. The zero-order valence-corrected chi connectivity index (χ0v) is 10.7. The summed E-state index contributed by atoms with van der Waals surface area (Å²) >= 11 is 0. The van der Waals surface area contributed by atoms with Crippen molar-refractivity contribution in [3.8, 4) is 16.9 Å². The molecule has 0 unspecified atom stereocenters. The molecule has 0 saturated carbocycles. The summed E-state index contributed by atoms with van der Waals surface area (Å²) in [5.41, 5.74) is 8.85. The third kappa shape index (κ3) is 2.99. The van der Waals surface area contributed by atoms with Crippen molar-refractivity contribution in [3.05, 3.63) is 36.2 Å². The summed E-state index contributed by atoms with van der Waals surface area (Å²) in [4.78, 5) is 0. The zero-order chi connectivity index (χ0) is 11.5. The number of nitrogens with two attached hydrogens (primary N) is 1. The maximum atomic E-state index is 5.65. The predicted octanol–water partition coefficient (Wildman–Crippen LogP) is 1.98. The van der Waals surface area contributed by atoms with E-state index >= 15 is 0 Å². The minimum Gasteiger partial charge on any atom is -0.497 e. The topological polar surface area (TPSA) is 53.1 Å². The number of hydrogen-bond donors (Lipinski definition) is 1. The molecule has 1 heterocycles. The van der Waals surface area contributed by atoms with Crippen LogP contribution in [0.3, 0.4) is 0 Å². The van der Waals surface area contributed by atoms with E-state index in [0.29, 0.717) is 6.54 Å². The van der Waals surface area contributed by atoms with Gasteiger partial charge in [-0.1, -0.05) is 0 Å².